The van der Waals surface area contributed by atoms with E-state index in [4.69, 9.17) is 14.9 Å². The number of aliphatic carboxylic acids is 1. The van der Waals surface area contributed by atoms with Gasteiger partial charge < -0.3 is 20.3 Å². The number of aliphatic hydroxyl groups excluding tert-OH is 1. The van der Waals surface area contributed by atoms with Gasteiger partial charge in [-0.2, -0.15) is 0 Å². The molecule has 6 heteroatoms. The number of carbonyl (C=O) groups is 2. The predicted octanol–water partition coefficient (Wildman–Crippen LogP) is 0.261. The molecule has 0 radical (unpaired) electrons. The topological polar surface area (TPSA) is 95.9 Å². The van der Waals surface area contributed by atoms with Gasteiger partial charge >= 0.3 is 5.97 Å². The highest BCUT2D eigenvalue weighted by Gasteiger charge is 2.19. The van der Waals surface area contributed by atoms with E-state index in [1.807, 2.05) is 6.92 Å². The normalized spacial score (nSPS) is 11.7. The molecule has 1 aromatic carbocycles. The third kappa shape index (κ3) is 3.74. The monoisotopic (exact) mass is 253 g/mol. The molecule has 1 aromatic rings. The molecule has 0 aliphatic carbocycles. The zero-order chi connectivity index (χ0) is 13.5. The number of hydrogen-bond acceptors (Lipinski definition) is 4. The summed E-state index contributed by atoms with van der Waals surface area (Å²) in [4.78, 5) is 22.3. The zero-order valence-corrected chi connectivity index (χ0v) is 9.92. The van der Waals surface area contributed by atoms with Crippen LogP contribution < -0.4 is 10.1 Å². The van der Waals surface area contributed by atoms with E-state index in [-0.39, 0.29) is 0 Å². The summed E-state index contributed by atoms with van der Waals surface area (Å²) >= 11 is 0. The molecular formula is C12H15NO5. The van der Waals surface area contributed by atoms with Crippen molar-refractivity contribution < 1.29 is 24.5 Å². The van der Waals surface area contributed by atoms with Gasteiger partial charge in [0.15, 0.2) is 6.04 Å². The van der Waals surface area contributed by atoms with Gasteiger partial charge in [0.05, 0.1) is 13.2 Å². The van der Waals surface area contributed by atoms with Crippen LogP contribution in [0.1, 0.15) is 17.3 Å². The maximum Gasteiger partial charge on any atom is 0.328 e. The van der Waals surface area contributed by atoms with Gasteiger partial charge in [-0.25, -0.2) is 4.79 Å². The number of carboxylic acids is 1. The molecule has 0 saturated heterocycles. The van der Waals surface area contributed by atoms with Crippen LogP contribution in [0.15, 0.2) is 24.3 Å². The van der Waals surface area contributed by atoms with Gasteiger partial charge in [0.2, 0.25) is 0 Å². The van der Waals surface area contributed by atoms with E-state index in [0.29, 0.717) is 17.9 Å². The molecule has 3 N–H and O–H groups in total. The predicted molar refractivity (Wildman–Crippen MR) is 63.6 cm³/mol. The molecule has 0 saturated carbocycles. The van der Waals surface area contributed by atoms with Crippen LogP contribution in [-0.4, -0.2) is 41.3 Å². The molecule has 1 amide bonds. The minimum atomic E-state index is -1.30. The van der Waals surface area contributed by atoms with Crippen molar-refractivity contribution in [1.29, 1.82) is 0 Å². The smallest absolute Gasteiger partial charge is 0.328 e. The summed E-state index contributed by atoms with van der Waals surface area (Å²) < 4.78 is 5.22. The molecular weight excluding hydrogens is 238 g/mol. The Kier molecular flexibility index (Phi) is 5.13. The molecule has 0 aromatic heterocycles. The standard InChI is InChI=1S/C12H15NO5/c1-2-18-9-5-3-8(4-6-9)11(15)13-10(7-14)12(16)17/h3-6,10,14H,2,7H2,1H3,(H,13,15)(H,16,17)/t10-/m0/s1. The van der Waals surface area contributed by atoms with Crippen molar-refractivity contribution in [2.75, 3.05) is 13.2 Å². The van der Waals surface area contributed by atoms with Crippen LogP contribution >= 0.6 is 0 Å². The second-order valence-corrected chi connectivity index (χ2v) is 3.50. The fourth-order valence-corrected chi connectivity index (χ4v) is 1.30. The molecule has 0 heterocycles. The van der Waals surface area contributed by atoms with Crippen LogP contribution in [0.2, 0.25) is 0 Å². The average molecular weight is 253 g/mol. The molecule has 0 aliphatic heterocycles. The first kappa shape index (κ1) is 14.0. The zero-order valence-electron chi connectivity index (χ0n) is 9.92. The highest BCUT2D eigenvalue weighted by atomic mass is 16.5. The van der Waals surface area contributed by atoms with E-state index in [1.54, 1.807) is 12.1 Å². The SMILES string of the molecule is CCOc1ccc(C(=O)N[C@@H](CO)C(=O)O)cc1. The van der Waals surface area contributed by atoms with E-state index in [0.717, 1.165) is 0 Å². The quantitative estimate of drug-likeness (QED) is 0.676. The van der Waals surface area contributed by atoms with Crippen molar-refractivity contribution in [3.8, 4) is 5.75 Å². The van der Waals surface area contributed by atoms with Crippen LogP contribution in [-0.2, 0) is 4.79 Å². The van der Waals surface area contributed by atoms with Crippen LogP contribution in [0, 0.1) is 0 Å². The highest BCUT2D eigenvalue weighted by molar-refractivity contribution is 5.96. The van der Waals surface area contributed by atoms with Gasteiger partial charge in [0, 0.05) is 5.56 Å². The minimum Gasteiger partial charge on any atom is -0.494 e. The largest absolute Gasteiger partial charge is 0.494 e. The molecule has 0 spiro atoms. The Morgan fingerprint density at radius 3 is 2.39 bits per heavy atom. The first-order chi connectivity index (χ1) is 8.58. The molecule has 6 nitrogen and oxygen atoms in total. The summed E-state index contributed by atoms with van der Waals surface area (Å²) in [5.74, 6) is -1.21. The Bertz CT molecular complexity index is 415. The van der Waals surface area contributed by atoms with Crippen molar-refractivity contribution in [2.24, 2.45) is 0 Å². The summed E-state index contributed by atoms with van der Waals surface area (Å²) in [6.07, 6.45) is 0. The second-order valence-electron chi connectivity index (χ2n) is 3.50. The fraction of sp³-hybridized carbons (Fsp3) is 0.333. The molecule has 0 unspecified atom stereocenters. The maximum atomic E-state index is 11.7. The summed E-state index contributed by atoms with van der Waals surface area (Å²) in [5, 5.41) is 19.7. The van der Waals surface area contributed by atoms with Crippen LogP contribution in [0.25, 0.3) is 0 Å². The van der Waals surface area contributed by atoms with E-state index in [1.165, 1.54) is 12.1 Å². The molecule has 0 fully saturated rings. The number of benzene rings is 1. The number of nitrogens with one attached hydrogen (secondary N) is 1. The molecule has 18 heavy (non-hydrogen) atoms. The summed E-state index contributed by atoms with van der Waals surface area (Å²) in [5.41, 5.74) is 0.304. The first-order valence-corrected chi connectivity index (χ1v) is 5.45. The Labute approximate surface area is 104 Å². The summed E-state index contributed by atoms with van der Waals surface area (Å²) in [6, 6.07) is 4.98. The summed E-state index contributed by atoms with van der Waals surface area (Å²) in [6.45, 7) is 1.72. The van der Waals surface area contributed by atoms with Crippen molar-refractivity contribution in [2.45, 2.75) is 13.0 Å². The third-order valence-corrected chi connectivity index (χ3v) is 2.21. The number of hydrogen-bond donors (Lipinski definition) is 3. The van der Waals surface area contributed by atoms with Crippen molar-refractivity contribution >= 4 is 11.9 Å². The van der Waals surface area contributed by atoms with Gasteiger partial charge in [0.25, 0.3) is 5.91 Å². The lowest BCUT2D eigenvalue weighted by molar-refractivity contribution is -0.140. The average Bonchev–Trinajstić information content (AvgIpc) is 2.36. The number of aliphatic hydroxyl groups is 1. The Morgan fingerprint density at radius 2 is 1.94 bits per heavy atom. The third-order valence-electron chi connectivity index (χ3n) is 2.21. The lowest BCUT2D eigenvalue weighted by atomic mass is 10.2. The highest BCUT2D eigenvalue weighted by Crippen LogP contribution is 2.12. The molecule has 1 rings (SSSR count). The van der Waals surface area contributed by atoms with Crippen molar-refractivity contribution in [1.82, 2.24) is 5.32 Å². The Balaban J connectivity index is 2.69. The lowest BCUT2D eigenvalue weighted by Gasteiger charge is -2.11. The minimum absolute atomic E-state index is 0.304. The number of ether oxygens (including phenoxy) is 1. The van der Waals surface area contributed by atoms with Gasteiger partial charge in [-0.3, -0.25) is 4.79 Å². The Morgan fingerprint density at radius 1 is 1.33 bits per heavy atom. The first-order valence-electron chi connectivity index (χ1n) is 5.45. The van der Waals surface area contributed by atoms with Crippen LogP contribution in [0.5, 0.6) is 5.75 Å². The fourth-order valence-electron chi connectivity index (χ4n) is 1.30. The molecule has 1 atom stereocenters. The number of carboxylic acid groups (broad SMARTS) is 1. The van der Waals surface area contributed by atoms with Crippen LogP contribution in [0.3, 0.4) is 0 Å². The number of amides is 1. The van der Waals surface area contributed by atoms with E-state index < -0.39 is 24.5 Å². The molecule has 0 bridgehead atoms. The molecule has 98 valence electrons. The number of rotatable bonds is 6. The van der Waals surface area contributed by atoms with Crippen LogP contribution in [0.4, 0.5) is 0 Å². The maximum absolute atomic E-state index is 11.7. The Hall–Kier alpha value is -2.08. The van der Waals surface area contributed by atoms with Crippen molar-refractivity contribution in [3.05, 3.63) is 29.8 Å². The summed E-state index contributed by atoms with van der Waals surface area (Å²) in [7, 11) is 0. The molecule has 0 aliphatic rings. The lowest BCUT2D eigenvalue weighted by Crippen LogP contribution is -2.43. The van der Waals surface area contributed by atoms with Gasteiger partial charge in [-0.1, -0.05) is 0 Å². The van der Waals surface area contributed by atoms with E-state index >= 15 is 0 Å². The van der Waals surface area contributed by atoms with Gasteiger partial charge in [-0.05, 0) is 31.2 Å². The van der Waals surface area contributed by atoms with E-state index in [2.05, 4.69) is 5.32 Å². The van der Waals surface area contributed by atoms with Gasteiger partial charge in [0.1, 0.15) is 5.75 Å². The second kappa shape index (κ2) is 6.61. The van der Waals surface area contributed by atoms with Crippen molar-refractivity contribution in [3.63, 3.8) is 0 Å². The number of carbonyl (C=O) groups excluding carboxylic acids is 1. The van der Waals surface area contributed by atoms with Gasteiger partial charge in [-0.15, -0.1) is 0 Å². The van der Waals surface area contributed by atoms with E-state index in [9.17, 15) is 9.59 Å².